The minimum Gasteiger partial charge on any atom is -0.380 e. The molecule has 4 nitrogen and oxygen atoms in total. The van der Waals surface area contributed by atoms with Crippen LogP contribution in [0.4, 0.5) is 18.9 Å². The maximum absolute atomic E-state index is 12.7. The highest BCUT2D eigenvalue weighted by molar-refractivity contribution is 5.98. The van der Waals surface area contributed by atoms with Crippen LogP contribution in [0, 0.1) is 0 Å². The third-order valence-corrected chi connectivity index (χ3v) is 3.16. The topological polar surface area (TPSA) is 81.1 Å². The van der Waals surface area contributed by atoms with Gasteiger partial charge in [0.15, 0.2) is 0 Å². The smallest absolute Gasteiger partial charge is 0.380 e. The number of hydrogen-bond acceptors (Lipinski definition) is 3. The Morgan fingerprint density at radius 1 is 1.38 bits per heavy atom. The SMILES string of the molecule is CCCCC(CN)Nc1ccc(C(F)(F)F)cc1C(N)=O. The van der Waals surface area contributed by atoms with E-state index < -0.39 is 17.6 Å². The van der Waals surface area contributed by atoms with Crippen molar-refractivity contribution in [2.45, 2.75) is 38.4 Å². The van der Waals surface area contributed by atoms with Crippen LogP contribution in [-0.2, 0) is 6.18 Å². The molecule has 118 valence electrons. The number of anilines is 1. The van der Waals surface area contributed by atoms with Gasteiger partial charge in [0, 0.05) is 18.3 Å². The van der Waals surface area contributed by atoms with E-state index in [1.165, 1.54) is 6.07 Å². The van der Waals surface area contributed by atoms with Crippen LogP contribution in [0.1, 0.15) is 42.1 Å². The highest BCUT2D eigenvalue weighted by atomic mass is 19.4. The zero-order valence-corrected chi connectivity index (χ0v) is 11.8. The number of amides is 1. The summed E-state index contributed by atoms with van der Waals surface area (Å²) in [5, 5.41) is 3.00. The van der Waals surface area contributed by atoms with Crippen molar-refractivity contribution in [3.63, 3.8) is 0 Å². The molecule has 1 aromatic rings. The van der Waals surface area contributed by atoms with Gasteiger partial charge in [0.05, 0.1) is 11.1 Å². The van der Waals surface area contributed by atoms with Crippen LogP contribution in [0.2, 0.25) is 0 Å². The minimum atomic E-state index is -4.52. The normalized spacial score (nSPS) is 13.0. The molecule has 5 N–H and O–H groups in total. The van der Waals surface area contributed by atoms with E-state index >= 15 is 0 Å². The molecule has 21 heavy (non-hydrogen) atoms. The van der Waals surface area contributed by atoms with Crippen molar-refractivity contribution in [2.24, 2.45) is 11.5 Å². The molecule has 1 unspecified atom stereocenters. The maximum atomic E-state index is 12.7. The number of alkyl halides is 3. The number of primary amides is 1. The number of hydrogen-bond donors (Lipinski definition) is 3. The Bertz CT molecular complexity index is 489. The van der Waals surface area contributed by atoms with Crippen LogP contribution in [0.25, 0.3) is 0 Å². The lowest BCUT2D eigenvalue weighted by molar-refractivity contribution is -0.137. The zero-order chi connectivity index (χ0) is 16.0. The van der Waals surface area contributed by atoms with E-state index in [9.17, 15) is 18.0 Å². The first-order chi connectivity index (χ1) is 9.79. The summed E-state index contributed by atoms with van der Waals surface area (Å²) in [5.41, 5.74) is 9.99. The molecule has 0 heterocycles. The van der Waals surface area contributed by atoms with Gasteiger partial charge in [-0.1, -0.05) is 19.8 Å². The Balaban J connectivity index is 3.03. The summed E-state index contributed by atoms with van der Waals surface area (Å²) < 4.78 is 38.0. The van der Waals surface area contributed by atoms with Crippen LogP contribution in [0.5, 0.6) is 0 Å². The molecule has 0 bridgehead atoms. The Morgan fingerprint density at radius 3 is 2.52 bits per heavy atom. The summed E-state index contributed by atoms with van der Waals surface area (Å²) in [6.07, 6.45) is -1.83. The monoisotopic (exact) mass is 303 g/mol. The van der Waals surface area contributed by atoms with Gasteiger partial charge in [-0.05, 0) is 24.6 Å². The van der Waals surface area contributed by atoms with E-state index in [1.807, 2.05) is 6.92 Å². The third kappa shape index (κ3) is 4.93. The number of benzene rings is 1. The van der Waals surface area contributed by atoms with Crippen LogP contribution in [0.15, 0.2) is 18.2 Å². The lowest BCUT2D eigenvalue weighted by Crippen LogP contribution is -2.30. The number of halogens is 3. The molecule has 0 fully saturated rings. The quantitative estimate of drug-likeness (QED) is 0.724. The van der Waals surface area contributed by atoms with Crippen LogP contribution in [-0.4, -0.2) is 18.5 Å². The molecule has 0 spiro atoms. The van der Waals surface area contributed by atoms with Gasteiger partial charge in [0.25, 0.3) is 5.91 Å². The highest BCUT2D eigenvalue weighted by Crippen LogP contribution is 2.32. The molecule has 1 atom stereocenters. The Kier molecular flexibility index (Phi) is 6.02. The number of rotatable bonds is 7. The second-order valence-corrected chi connectivity index (χ2v) is 4.84. The van der Waals surface area contributed by atoms with Crippen LogP contribution in [0.3, 0.4) is 0 Å². The van der Waals surface area contributed by atoms with Gasteiger partial charge in [0.2, 0.25) is 0 Å². The number of unbranched alkanes of at least 4 members (excludes halogenated alkanes) is 1. The van der Waals surface area contributed by atoms with E-state index in [0.29, 0.717) is 6.54 Å². The zero-order valence-electron chi connectivity index (χ0n) is 11.8. The maximum Gasteiger partial charge on any atom is 0.416 e. The van der Waals surface area contributed by atoms with Gasteiger partial charge in [-0.2, -0.15) is 13.2 Å². The third-order valence-electron chi connectivity index (χ3n) is 3.16. The van der Waals surface area contributed by atoms with Crippen LogP contribution < -0.4 is 16.8 Å². The van der Waals surface area contributed by atoms with Crippen LogP contribution >= 0.6 is 0 Å². The molecule has 0 radical (unpaired) electrons. The molecule has 7 heteroatoms. The Labute approximate surface area is 121 Å². The van der Waals surface area contributed by atoms with Crippen molar-refractivity contribution in [2.75, 3.05) is 11.9 Å². The Hall–Kier alpha value is -1.76. The second-order valence-electron chi connectivity index (χ2n) is 4.84. The molecule has 0 aromatic heterocycles. The van der Waals surface area contributed by atoms with E-state index in [4.69, 9.17) is 11.5 Å². The fourth-order valence-electron chi connectivity index (χ4n) is 1.97. The summed E-state index contributed by atoms with van der Waals surface area (Å²) in [6.45, 7) is 2.35. The first-order valence-corrected chi connectivity index (χ1v) is 6.77. The summed E-state index contributed by atoms with van der Waals surface area (Å²) in [5.74, 6) is -0.908. The molecule has 1 rings (SSSR count). The number of carbonyl (C=O) groups is 1. The standard InChI is InChI=1S/C14H20F3N3O/c1-2-3-4-10(8-18)20-12-6-5-9(14(15,16)17)7-11(12)13(19)21/h5-7,10,20H,2-4,8,18H2,1H3,(H2,19,21). The van der Waals surface area contributed by atoms with Gasteiger partial charge >= 0.3 is 6.18 Å². The molecule has 0 aliphatic rings. The molecule has 0 aliphatic heterocycles. The van der Waals surface area contributed by atoms with Gasteiger partial charge in [-0.25, -0.2) is 0 Å². The first kappa shape index (κ1) is 17.3. The summed E-state index contributed by atoms with van der Waals surface area (Å²) >= 11 is 0. The van der Waals surface area contributed by atoms with Crippen molar-refractivity contribution in [1.29, 1.82) is 0 Å². The van der Waals surface area contributed by atoms with Crippen molar-refractivity contribution in [3.05, 3.63) is 29.3 Å². The second kappa shape index (κ2) is 7.31. The summed E-state index contributed by atoms with van der Waals surface area (Å²) in [7, 11) is 0. The van der Waals surface area contributed by atoms with Crippen molar-refractivity contribution in [3.8, 4) is 0 Å². The fraction of sp³-hybridized carbons (Fsp3) is 0.500. The van der Waals surface area contributed by atoms with E-state index in [2.05, 4.69) is 5.32 Å². The van der Waals surface area contributed by atoms with Gasteiger partial charge < -0.3 is 16.8 Å². The number of nitrogens with two attached hydrogens (primary N) is 2. The minimum absolute atomic E-state index is 0.111. The van der Waals surface area contributed by atoms with Gasteiger partial charge in [-0.3, -0.25) is 4.79 Å². The summed E-state index contributed by atoms with van der Waals surface area (Å²) in [6, 6.07) is 2.79. The van der Waals surface area contributed by atoms with Gasteiger partial charge in [0.1, 0.15) is 0 Å². The summed E-state index contributed by atoms with van der Waals surface area (Å²) in [4.78, 5) is 11.4. The molecular formula is C14H20F3N3O. The predicted molar refractivity (Wildman–Crippen MR) is 76.0 cm³/mol. The number of nitrogens with one attached hydrogen (secondary N) is 1. The fourth-order valence-corrected chi connectivity index (χ4v) is 1.97. The van der Waals surface area contributed by atoms with Gasteiger partial charge in [-0.15, -0.1) is 0 Å². The molecule has 1 amide bonds. The lowest BCUT2D eigenvalue weighted by atomic mass is 10.0. The predicted octanol–water partition coefficient (Wildman–Crippen LogP) is 2.73. The van der Waals surface area contributed by atoms with E-state index in [0.717, 1.165) is 31.4 Å². The van der Waals surface area contributed by atoms with Crippen molar-refractivity contribution in [1.82, 2.24) is 0 Å². The first-order valence-electron chi connectivity index (χ1n) is 6.77. The number of carbonyl (C=O) groups excluding carboxylic acids is 1. The van der Waals surface area contributed by atoms with E-state index in [1.54, 1.807) is 0 Å². The Morgan fingerprint density at radius 2 is 2.05 bits per heavy atom. The molecule has 0 aliphatic carbocycles. The molecule has 0 saturated heterocycles. The average molecular weight is 303 g/mol. The molecule has 0 saturated carbocycles. The van der Waals surface area contributed by atoms with E-state index in [-0.39, 0.29) is 17.3 Å². The molecule has 1 aromatic carbocycles. The van der Waals surface area contributed by atoms with Crippen molar-refractivity contribution < 1.29 is 18.0 Å². The van der Waals surface area contributed by atoms with Crippen molar-refractivity contribution >= 4 is 11.6 Å². The molecular weight excluding hydrogens is 283 g/mol. The lowest BCUT2D eigenvalue weighted by Gasteiger charge is -2.20. The average Bonchev–Trinajstić information content (AvgIpc) is 2.42. The largest absolute Gasteiger partial charge is 0.416 e. The highest BCUT2D eigenvalue weighted by Gasteiger charge is 2.31.